The highest BCUT2D eigenvalue weighted by Gasteiger charge is 2.18. The Labute approximate surface area is 95.9 Å². The Balaban J connectivity index is 2.17. The van der Waals surface area contributed by atoms with Crippen LogP contribution in [0.3, 0.4) is 0 Å². The van der Waals surface area contributed by atoms with Crippen LogP contribution in [0, 0.1) is 0 Å². The summed E-state index contributed by atoms with van der Waals surface area (Å²) in [6.45, 7) is 1.88. The normalized spacial score (nSPS) is 18.1. The van der Waals surface area contributed by atoms with Crippen molar-refractivity contribution in [2.75, 3.05) is 13.7 Å². The van der Waals surface area contributed by atoms with Crippen LogP contribution in [0.1, 0.15) is 32.6 Å². The monoisotopic (exact) mass is 228 g/mol. The second-order valence-corrected chi connectivity index (χ2v) is 4.17. The van der Waals surface area contributed by atoms with Gasteiger partial charge in [0.2, 0.25) is 5.91 Å². The van der Waals surface area contributed by atoms with E-state index >= 15 is 0 Å². The lowest BCUT2D eigenvalue weighted by Crippen LogP contribution is -2.44. The van der Waals surface area contributed by atoms with Crippen molar-refractivity contribution in [3.8, 4) is 0 Å². The van der Waals surface area contributed by atoms with Gasteiger partial charge in [-0.2, -0.15) is 0 Å². The van der Waals surface area contributed by atoms with Crippen LogP contribution in [-0.2, 0) is 14.3 Å². The first-order chi connectivity index (χ1) is 7.63. The average Bonchev–Trinajstić information content (AvgIpc) is 2.78. The Morgan fingerprint density at radius 1 is 1.38 bits per heavy atom. The van der Waals surface area contributed by atoms with Crippen LogP contribution in [0.25, 0.3) is 0 Å². The molecule has 0 spiro atoms. The van der Waals surface area contributed by atoms with Gasteiger partial charge in [0, 0.05) is 6.04 Å². The lowest BCUT2D eigenvalue weighted by atomic mass is 10.2. The summed E-state index contributed by atoms with van der Waals surface area (Å²) in [6.07, 6.45) is 4.75. The Morgan fingerprint density at radius 2 is 2.00 bits per heavy atom. The molecule has 1 saturated carbocycles. The molecule has 0 unspecified atom stereocenters. The second kappa shape index (κ2) is 6.48. The molecule has 1 aliphatic rings. The van der Waals surface area contributed by atoms with Gasteiger partial charge in [-0.25, -0.2) is 4.79 Å². The van der Waals surface area contributed by atoms with Crippen molar-refractivity contribution < 1.29 is 14.3 Å². The fourth-order valence-corrected chi connectivity index (χ4v) is 1.90. The maximum atomic E-state index is 11.4. The van der Waals surface area contributed by atoms with Crippen LogP contribution in [-0.4, -0.2) is 37.6 Å². The third-order valence-electron chi connectivity index (χ3n) is 2.84. The standard InChI is InChI=1S/C11H20N2O3/c1-8(11(15)16-2)13-10(14)7-12-9-5-3-4-6-9/h8-9,12H,3-7H2,1-2H3,(H,13,14)/t8-/m0/s1. The quantitative estimate of drug-likeness (QED) is 0.659. The maximum Gasteiger partial charge on any atom is 0.328 e. The Hall–Kier alpha value is -1.10. The molecule has 0 aliphatic heterocycles. The minimum atomic E-state index is -0.581. The molecular formula is C11H20N2O3. The molecule has 16 heavy (non-hydrogen) atoms. The number of esters is 1. The van der Waals surface area contributed by atoms with E-state index in [4.69, 9.17) is 0 Å². The van der Waals surface area contributed by atoms with Gasteiger partial charge in [-0.05, 0) is 19.8 Å². The Bertz CT molecular complexity index is 250. The lowest BCUT2D eigenvalue weighted by molar-refractivity contribution is -0.144. The second-order valence-electron chi connectivity index (χ2n) is 4.17. The molecule has 0 saturated heterocycles. The first-order valence-electron chi connectivity index (χ1n) is 5.74. The third kappa shape index (κ3) is 4.18. The summed E-state index contributed by atoms with van der Waals surface area (Å²) in [7, 11) is 1.31. The van der Waals surface area contributed by atoms with E-state index < -0.39 is 12.0 Å². The molecule has 1 rings (SSSR count). The van der Waals surface area contributed by atoms with Gasteiger partial charge >= 0.3 is 5.97 Å². The zero-order chi connectivity index (χ0) is 12.0. The molecule has 1 atom stereocenters. The highest BCUT2D eigenvalue weighted by molar-refractivity contribution is 5.85. The Morgan fingerprint density at radius 3 is 2.56 bits per heavy atom. The van der Waals surface area contributed by atoms with E-state index in [1.165, 1.54) is 20.0 Å². The van der Waals surface area contributed by atoms with Crippen molar-refractivity contribution >= 4 is 11.9 Å². The van der Waals surface area contributed by atoms with Crippen LogP contribution in [0.5, 0.6) is 0 Å². The van der Waals surface area contributed by atoms with E-state index in [0.717, 1.165) is 12.8 Å². The molecule has 5 nitrogen and oxygen atoms in total. The van der Waals surface area contributed by atoms with Crippen molar-refractivity contribution in [1.29, 1.82) is 0 Å². The van der Waals surface area contributed by atoms with Crippen molar-refractivity contribution in [3.63, 3.8) is 0 Å². The van der Waals surface area contributed by atoms with Crippen molar-refractivity contribution in [3.05, 3.63) is 0 Å². The molecule has 1 fully saturated rings. The highest BCUT2D eigenvalue weighted by Crippen LogP contribution is 2.17. The number of rotatable bonds is 5. The summed E-state index contributed by atoms with van der Waals surface area (Å²) in [5.74, 6) is -0.584. The summed E-state index contributed by atoms with van der Waals surface area (Å²) in [5.41, 5.74) is 0. The van der Waals surface area contributed by atoms with Crippen LogP contribution in [0.2, 0.25) is 0 Å². The van der Waals surface area contributed by atoms with Crippen molar-refractivity contribution in [2.24, 2.45) is 0 Å². The summed E-state index contributed by atoms with van der Waals surface area (Å²) < 4.78 is 4.52. The summed E-state index contributed by atoms with van der Waals surface area (Å²) >= 11 is 0. The van der Waals surface area contributed by atoms with Gasteiger partial charge in [-0.15, -0.1) is 0 Å². The maximum absolute atomic E-state index is 11.4. The third-order valence-corrected chi connectivity index (χ3v) is 2.84. The molecular weight excluding hydrogens is 208 g/mol. The predicted molar refractivity (Wildman–Crippen MR) is 59.9 cm³/mol. The first kappa shape index (κ1) is 13.0. The van der Waals surface area contributed by atoms with E-state index in [0.29, 0.717) is 6.04 Å². The fraction of sp³-hybridized carbons (Fsp3) is 0.818. The van der Waals surface area contributed by atoms with Gasteiger partial charge < -0.3 is 15.4 Å². The Kier molecular flexibility index (Phi) is 5.25. The summed E-state index contributed by atoms with van der Waals surface area (Å²) in [6, 6.07) is -0.123. The molecule has 5 heteroatoms. The molecule has 0 aromatic carbocycles. The summed E-state index contributed by atoms with van der Waals surface area (Å²) in [4.78, 5) is 22.5. The number of hydrogen-bond donors (Lipinski definition) is 2. The minimum Gasteiger partial charge on any atom is -0.467 e. The van der Waals surface area contributed by atoms with Crippen molar-refractivity contribution in [2.45, 2.75) is 44.7 Å². The number of carbonyl (C=O) groups is 2. The van der Waals surface area contributed by atoms with Gasteiger partial charge in [-0.1, -0.05) is 12.8 Å². The topological polar surface area (TPSA) is 67.4 Å². The van der Waals surface area contributed by atoms with Crippen LogP contribution < -0.4 is 10.6 Å². The van der Waals surface area contributed by atoms with E-state index in [1.54, 1.807) is 6.92 Å². The van der Waals surface area contributed by atoms with E-state index in [-0.39, 0.29) is 12.5 Å². The van der Waals surface area contributed by atoms with Crippen LogP contribution in [0.4, 0.5) is 0 Å². The van der Waals surface area contributed by atoms with E-state index in [1.807, 2.05) is 0 Å². The highest BCUT2D eigenvalue weighted by atomic mass is 16.5. The average molecular weight is 228 g/mol. The molecule has 2 N–H and O–H groups in total. The van der Waals surface area contributed by atoms with Crippen LogP contribution in [0.15, 0.2) is 0 Å². The van der Waals surface area contributed by atoms with E-state index in [9.17, 15) is 9.59 Å². The van der Waals surface area contributed by atoms with Crippen molar-refractivity contribution in [1.82, 2.24) is 10.6 Å². The number of ether oxygens (including phenoxy) is 1. The molecule has 1 aliphatic carbocycles. The molecule has 0 bridgehead atoms. The fourth-order valence-electron chi connectivity index (χ4n) is 1.90. The zero-order valence-electron chi connectivity index (χ0n) is 9.91. The minimum absolute atomic E-state index is 0.162. The number of methoxy groups -OCH3 is 1. The van der Waals surface area contributed by atoms with Gasteiger partial charge in [-0.3, -0.25) is 4.79 Å². The van der Waals surface area contributed by atoms with Gasteiger partial charge in [0.05, 0.1) is 13.7 Å². The molecule has 92 valence electrons. The zero-order valence-corrected chi connectivity index (χ0v) is 9.91. The van der Waals surface area contributed by atoms with Gasteiger partial charge in [0.25, 0.3) is 0 Å². The smallest absolute Gasteiger partial charge is 0.328 e. The molecule has 0 heterocycles. The molecule has 0 radical (unpaired) electrons. The molecule has 1 amide bonds. The number of amides is 1. The molecule has 0 aromatic rings. The van der Waals surface area contributed by atoms with Gasteiger partial charge in [0.15, 0.2) is 0 Å². The molecule has 0 aromatic heterocycles. The SMILES string of the molecule is COC(=O)[C@H](C)NC(=O)CNC1CCCC1. The lowest BCUT2D eigenvalue weighted by Gasteiger charge is -2.14. The number of hydrogen-bond acceptors (Lipinski definition) is 4. The number of nitrogens with one attached hydrogen (secondary N) is 2. The van der Waals surface area contributed by atoms with Gasteiger partial charge in [0.1, 0.15) is 6.04 Å². The number of carbonyl (C=O) groups excluding carboxylic acids is 2. The van der Waals surface area contributed by atoms with Crippen LogP contribution >= 0.6 is 0 Å². The largest absolute Gasteiger partial charge is 0.467 e. The van der Waals surface area contributed by atoms with E-state index in [2.05, 4.69) is 15.4 Å². The first-order valence-corrected chi connectivity index (χ1v) is 5.74. The summed E-state index contributed by atoms with van der Waals surface area (Å²) in [5, 5.41) is 5.76. The predicted octanol–water partition coefficient (Wildman–Crippen LogP) is 0.196.